The zero-order valence-electron chi connectivity index (χ0n) is 12.8. The van der Waals surface area contributed by atoms with Crippen LogP contribution in [0.15, 0.2) is 23.1 Å². The summed E-state index contributed by atoms with van der Waals surface area (Å²) in [6.45, 7) is 7.92. The van der Waals surface area contributed by atoms with Crippen molar-refractivity contribution in [3.05, 3.63) is 28.7 Å². The van der Waals surface area contributed by atoms with Crippen molar-refractivity contribution in [1.82, 2.24) is 19.6 Å². The second-order valence-electron chi connectivity index (χ2n) is 6.43. The maximum absolute atomic E-state index is 11.6. The van der Waals surface area contributed by atoms with Gasteiger partial charge < -0.3 is 9.80 Å². The highest BCUT2D eigenvalue weighted by atomic mass is 16.1. The standard InChI is InChI=1S/C16H26N4O/c21-16-6-5-7-17-20(16)14-15-12-19(13-15)11-10-18-8-3-1-2-4-9-18/h5-7,15H,1-4,8-14H2. The molecule has 0 saturated carbocycles. The Bertz CT molecular complexity index is 487. The summed E-state index contributed by atoms with van der Waals surface area (Å²) in [5.41, 5.74) is 0.0144. The van der Waals surface area contributed by atoms with E-state index in [4.69, 9.17) is 0 Å². The lowest BCUT2D eigenvalue weighted by Crippen LogP contribution is -2.51. The number of nitrogens with zero attached hydrogens (tertiary/aromatic N) is 4. The lowest BCUT2D eigenvalue weighted by atomic mass is 10.0. The average molecular weight is 290 g/mol. The molecule has 2 saturated heterocycles. The summed E-state index contributed by atoms with van der Waals surface area (Å²) in [7, 11) is 0. The summed E-state index contributed by atoms with van der Waals surface area (Å²) in [4.78, 5) is 16.7. The molecule has 5 nitrogen and oxygen atoms in total. The Morgan fingerprint density at radius 2 is 1.76 bits per heavy atom. The molecule has 0 amide bonds. The predicted octanol–water partition coefficient (Wildman–Crippen LogP) is 1.05. The minimum absolute atomic E-state index is 0.0144. The Hall–Kier alpha value is -1.20. The van der Waals surface area contributed by atoms with Crippen LogP contribution in [0.5, 0.6) is 0 Å². The van der Waals surface area contributed by atoms with E-state index in [-0.39, 0.29) is 5.56 Å². The maximum atomic E-state index is 11.6. The third-order valence-corrected chi connectivity index (χ3v) is 4.68. The fourth-order valence-electron chi connectivity index (χ4n) is 3.39. The zero-order valence-corrected chi connectivity index (χ0v) is 12.8. The van der Waals surface area contributed by atoms with Crippen LogP contribution in [0, 0.1) is 5.92 Å². The van der Waals surface area contributed by atoms with E-state index in [1.165, 1.54) is 51.9 Å². The summed E-state index contributed by atoms with van der Waals surface area (Å²) in [5, 5.41) is 4.13. The third kappa shape index (κ3) is 4.14. The molecule has 0 N–H and O–H groups in total. The van der Waals surface area contributed by atoms with Crippen molar-refractivity contribution in [1.29, 1.82) is 0 Å². The van der Waals surface area contributed by atoms with Crippen LogP contribution in [0.1, 0.15) is 25.7 Å². The smallest absolute Gasteiger partial charge is 0.266 e. The van der Waals surface area contributed by atoms with Crippen LogP contribution < -0.4 is 5.56 Å². The summed E-state index contributed by atoms with van der Waals surface area (Å²) in [5.74, 6) is 0.585. The highest BCUT2D eigenvalue weighted by molar-refractivity contribution is 4.87. The van der Waals surface area contributed by atoms with Gasteiger partial charge in [-0.2, -0.15) is 5.10 Å². The molecule has 0 aliphatic carbocycles. The summed E-state index contributed by atoms with van der Waals surface area (Å²) in [6, 6.07) is 3.29. The van der Waals surface area contributed by atoms with Gasteiger partial charge in [-0.1, -0.05) is 12.8 Å². The van der Waals surface area contributed by atoms with Gasteiger partial charge in [-0.15, -0.1) is 0 Å². The van der Waals surface area contributed by atoms with Gasteiger partial charge in [0.25, 0.3) is 5.56 Å². The normalized spacial score (nSPS) is 21.9. The number of hydrogen-bond donors (Lipinski definition) is 0. The topological polar surface area (TPSA) is 41.4 Å². The van der Waals surface area contributed by atoms with Crippen molar-refractivity contribution < 1.29 is 0 Å². The summed E-state index contributed by atoms with van der Waals surface area (Å²) in [6.07, 6.45) is 7.23. The molecular weight excluding hydrogens is 264 g/mol. The molecule has 5 heteroatoms. The average Bonchev–Trinajstić information content (AvgIpc) is 2.72. The van der Waals surface area contributed by atoms with Crippen LogP contribution in [0.4, 0.5) is 0 Å². The van der Waals surface area contributed by atoms with Gasteiger partial charge in [-0.3, -0.25) is 4.79 Å². The summed E-state index contributed by atoms with van der Waals surface area (Å²) >= 11 is 0. The summed E-state index contributed by atoms with van der Waals surface area (Å²) < 4.78 is 1.59. The van der Waals surface area contributed by atoms with E-state index >= 15 is 0 Å². The van der Waals surface area contributed by atoms with Gasteiger partial charge in [0.2, 0.25) is 0 Å². The first-order valence-electron chi connectivity index (χ1n) is 8.28. The number of rotatable bonds is 5. The molecule has 1 aromatic heterocycles. The molecule has 2 aliphatic heterocycles. The molecular formula is C16H26N4O. The molecule has 2 fully saturated rings. The van der Waals surface area contributed by atoms with E-state index in [9.17, 15) is 4.79 Å². The van der Waals surface area contributed by atoms with E-state index < -0.39 is 0 Å². The Morgan fingerprint density at radius 1 is 1.05 bits per heavy atom. The molecule has 0 bridgehead atoms. The second-order valence-corrected chi connectivity index (χ2v) is 6.43. The zero-order chi connectivity index (χ0) is 14.5. The number of hydrogen-bond acceptors (Lipinski definition) is 4. The molecule has 0 unspecified atom stereocenters. The van der Waals surface area contributed by atoms with Gasteiger partial charge >= 0.3 is 0 Å². The second kappa shape index (κ2) is 7.18. The van der Waals surface area contributed by atoms with Gasteiger partial charge in [-0.25, -0.2) is 4.68 Å². The van der Waals surface area contributed by atoms with Crippen molar-refractivity contribution in [2.45, 2.75) is 32.2 Å². The minimum atomic E-state index is 0.0144. The van der Waals surface area contributed by atoms with Gasteiger partial charge in [0.15, 0.2) is 0 Å². The molecule has 0 radical (unpaired) electrons. The molecule has 3 rings (SSSR count). The lowest BCUT2D eigenvalue weighted by Gasteiger charge is -2.40. The van der Waals surface area contributed by atoms with Crippen molar-refractivity contribution in [3.63, 3.8) is 0 Å². The van der Waals surface area contributed by atoms with E-state index in [0.29, 0.717) is 5.92 Å². The number of likely N-dealkylation sites (tertiary alicyclic amines) is 2. The lowest BCUT2D eigenvalue weighted by molar-refractivity contribution is 0.0719. The van der Waals surface area contributed by atoms with Crippen molar-refractivity contribution in [2.75, 3.05) is 39.3 Å². The van der Waals surface area contributed by atoms with Crippen molar-refractivity contribution >= 4 is 0 Å². The fourth-order valence-corrected chi connectivity index (χ4v) is 3.39. The molecule has 2 aliphatic rings. The molecule has 21 heavy (non-hydrogen) atoms. The Labute approximate surface area is 126 Å². The third-order valence-electron chi connectivity index (χ3n) is 4.68. The first-order chi connectivity index (χ1) is 10.3. The highest BCUT2D eigenvalue weighted by Gasteiger charge is 2.27. The van der Waals surface area contributed by atoms with E-state index in [1.54, 1.807) is 23.0 Å². The molecule has 3 heterocycles. The molecule has 0 aromatic carbocycles. The van der Waals surface area contributed by atoms with Gasteiger partial charge in [0, 0.05) is 44.4 Å². The predicted molar refractivity (Wildman–Crippen MR) is 83.3 cm³/mol. The van der Waals surface area contributed by atoms with Gasteiger partial charge in [0.1, 0.15) is 0 Å². The SMILES string of the molecule is O=c1cccnn1CC1CN(CCN2CCCCCC2)C1. The first-order valence-corrected chi connectivity index (χ1v) is 8.28. The van der Waals surface area contributed by atoms with Crippen molar-refractivity contribution in [2.24, 2.45) is 5.92 Å². The van der Waals surface area contributed by atoms with Gasteiger partial charge in [-0.05, 0) is 32.0 Å². The Balaban J connectivity index is 1.36. The van der Waals surface area contributed by atoms with Crippen LogP contribution in [0.25, 0.3) is 0 Å². The quantitative estimate of drug-likeness (QED) is 0.813. The van der Waals surface area contributed by atoms with Crippen LogP contribution >= 0.6 is 0 Å². The van der Waals surface area contributed by atoms with Crippen LogP contribution in [-0.4, -0.2) is 58.8 Å². The van der Waals surface area contributed by atoms with Crippen LogP contribution in [-0.2, 0) is 6.54 Å². The fraction of sp³-hybridized carbons (Fsp3) is 0.750. The van der Waals surface area contributed by atoms with E-state index in [1.807, 2.05) is 0 Å². The molecule has 1 aromatic rings. The van der Waals surface area contributed by atoms with Gasteiger partial charge in [0.05, 0.1) is 6.54 Å². The Morgan fingerprint density at radius 3 is 2.48 bits per heavy atom. The molecule has 0 atom stereocenters. The highest BCUT2D eigenvalue weighted by Crippen LogP contribution is 2.17. The Kier molecular flexibility index (Phi) is 5.04. The maximum Gasteiger partial charge on any atom is 0.266 e. The monoisotopic (exact) mass is 290 g/mol. The van der Waals surface area contributed by atoms with E-state index in [2.05, 4.69) is 14.9 Å². The largest absolute Gasteiger partial charge is 0.302 e. The van der Waals surface area contributed by atoms with Crippen molar-refractivity contribution in [3.8, 4) is 0 Å². The van der Waals surface area contributed by atoms with E-state index in [0.717, 1.165) is 19.6 Å². The first kappa shape index (κ1) is 14.7. The number of aromatic nitrogens is 2. The minimum Gasteiger partial charge on any atom is -0.302 e. The molecule has 0 spiro atoms. The molecule has 116 valence electrons. The van der Waals surface area contributed by atoms with Crippen LogP contribution in [0.3, 0.4) is 0 Å². The van der Waals surface area contributed by atoms with Crippen LogP contribution in [0.2, 0.25) is 0 Å².